The van der Waals surface area contributed by atoms with E-state index in [-0.39, 0.29) is 6.04 Å². The number of benzene rings is 1. The molecule has 1 atom stereocenters. The van der Waals surface area contributed by atoms with E-state index < -0.39 is 10.0 Å². The van der Waals surface area contributed by atoms with Gasteiger partial charge in [-0.05, 0) is 43.0 Å². The van der Waals surface area contributed by atoms with E-state index in [0.717, 1.165) is 36.8 Å². The second-order valence-electron chi connectivity index (χ2n) is 5.15. The lowest BCUT2D eigenvalue weighted by Crippen LogP contribution is -2.32. The zero-order chi connectivity index (χ0) is 15.2. The Bertz CT molecular complexity index is 527. The predicted molar refractivity (Wildman–Crippen MR) is 83.0 cm³/mol. The second kappa shape index (κ2) is 7.76. The average molecular weight is 298 g/mol. The fourth-order valence-corrected chi connectivity index (χ4v) is 3.53. The Labute approximate surface area is 122 Å². The Morgan fingerprint density at radius 3 is 2.50 bits per heavy atom. The van der Waals surface area contributed by atoms with Crippen molar-refractivity contribution >= 4 is 10.0 Å². The van der Waals surface area contributed by atoms with Crippen LogP contribution < -0.4 is 10.5 Å². The van der Waals surface area contributed by atoms with Gasteiger partial charge in [-0.3, -0.25) is 0 Å². The molecule has 0 radical (unpaired) electrons. The Hall–Kier alpha value is -0.910. The molecule has 0 saturated carbocycles. The summed E-state index contributed by atoms with van der Waals surface area (Å²) in [6, 6.07) is 5.15. The van der Waals surface area contributed by atoms with E-state index in [2.05, 4.69) is 11.6 Å². The molecule has 0 bridgehead atoms. The fraction of sp³-hybridized carbons (Fsp3) is 0.600. The summed E-state index contributed by atoms with van der Waals surface area (Å²) in [7, 11) is -3.45. The van der Waals surface area contributed by atoms with E-state index in [1.807, 2.05) is 19.9 Å². The van der Waals surface area contributed by atoms with E-state index in [1.165, 1.54) is 0 Å². The van der Waals surface area contributed by atoms with Gasteiger partial charge in [-0.15, -0.1) is 0 Å². The summed E-state index contributed by atoms with van der Waals surface area (Å²) in [4.78, 5) is 0.304. The van der Waals surface area contributed by atoms with Crippen molar-refractivity contribution in [3.05, 3.63) is 29.3 Å². The molecule has 0 aliphatic carbocycles. The SMILES string of the molecule is CCCCC(C)NS(=O)(=O)c1ccc(CC)c(CN)c1. The zero-order valence-corrected chi connectivity index (χ0v) is 13.5. The Morgan fingerprint density at radius 2 is 1.95 bits per heavy atom. The maximum absolute atomic E-state index is 12.3. The first-order valence-electron chi connectivity index (χ1n) is 7.28. The molecule has 0 saturated heterocycles. The van der Waals surface area contributed by atoms with Crippen LogP contribution in [0.4, 0.5) is 0 Å². The molecular formula is C15H26N2O2S. The van der Waals surface area contributed by atoms with Gasteiger partial charge in [0.1, 0.15) is 0 Å². The molecule has 0 spiro atoms. The Kier molecular flexibility index (Phi) is 6.65. The summed E-state index contributed by atoms with van der Waals surface area (Å²) in [5.41, 5.74) is 7.69. The highest BCUT2D eigenvalue weighted by molar-refractivity contribution is 7.89. The lowest BCUT2D eigenvalue weighted by molar-refractivity contribution is 0.534. The van der Waals surface area contributed by atoms with Crippen molar-refractivity contribution in [1.29, 1.82) is 0 Å². The molecule has 1 unspecified atom stereocenters. The topological polar surface area (TPSA) is 72.2 Å². The molecule has 1 aromatic rings. The zero-order valence-electron chi connectivity index (χ0n) is 12.6. The maximum Gasteiger partial charge on any atom is 0.240 e. The Morgan fingerprint density at radius 1 is 1.25 bits per heavy atom. The monoisotopic (exact) mass is 298 g/mol. The van der Waals surface area contributed by atoms with Gasteiger partial charge in [0.15, 0.2) is 0 Å². The van der Waals surface area contributed by atoms with E-state index in [0.29, 0.717) is 11.4 Å². The number of sulfonamides is 1. The number of hydrogen-bond acceptors (Lipinski definition) is 3. The van der Waals surface area contributed by atoms with Crippen molar-refractivity contribution in [2.24, 2.45) is 5.73 Å². The maximum atomic E-state index is 12.3. The van der Waals surface area contributed by atoms with Crippen molar-refractivity contribution in [3.63, 3.8) is 0 Å². The van der Waals surface area contributed by atoms with Crippen molar-refractivity contribution < 1.29 is 8.42 Å². The van der Waals surface area contributed by atoms with E-state index in [9.17, 15) is 8.42 Å². The minimum Gasteiger partial charge on any atom is -0.326 e. The van der Waals surface area contributed by atoms with Crippen molar-refractivity contribution in [3.8, 4) is 0 Å². The molecule has 3 N–H and O–H groups in total. The summed E-state index contributed by atoms with van der Waals surface area (Å²) >= 11 is 0. The third-order valence-corrected chi connectivity index (χ3v) is 5.02. The molecule has 0 fully saturated rings. The van der Waals surface area contributed by atoms with Gasteiger partial charge >= 0.3 is 0 Å². The first-order valence-corrected chi connectivity index (χ1v) is 8.77. The summed E-state index contributed by atoms with van der Waals surface area (Å²) < 4.78 is 27.4. The van der Waals surface area contributed by atoms with Crippen LogP contribution in [0.15, 0.2) is 23.1 Å². The normalized spacial score (nSPS) is 13.4. The smallest absolute Gasteiger partial charge is 0.240 e. The van der Waals surface area contributed by atoms with Crippen molar-refractivity contribution in [2.45, 2.75) is 63.9 Å². The van der Waals surface area contributed by atoms with Crippen LogP contribution in [0.3, 0.4) is 0 Å². The molecule has 4 nitrogen and oxygen atoms in total. The van der Waals surface area contributed by atoms with Gasteiger partial charge in [0.25, 0.3) is 0 Å². The molecule has 0 aromatic heterocycles. The number of rotatable bonds is 8. The van der Waals surface area contributed by atoms with Gasteiger partial charge < -0.3 is 5.73 Å². The highest BCUT2D eigenvalue weighted by Crippen LogP contribution is 2.17. The molecule has 5 heteroatoms. The third-order valence-electron chi connectivity index (χ3n) is 3.44. The van der Waals surface area contributed by atoms with Crippen LogP contribution in [0, 0.1) is 0 Å². The van der Waals surface area contributed by atoms with Gasteiger partial charge in [-0.1, -0.05) is 32.8 Å². The molecule has 0 heterocycles. The second-order valence-corrected chi connectivity index (χ2v) is 6.87. The summed E-state index contributed by atoms with van der Waals surface area (Å²) in [5.74, 6) is 0. The summed E-state index contributed by atoms with van der Waals surface area (Å²) in [6.45, 7) is 6.39. The standard InChI is InChI=1S/C15H26N2O2S/c1-4-6-7-12(3)17-20(18,19)15-9-8-13(5-2)14(10-15)11-16/h8-10,12,17H,4-7,11,16H2,1-3H3. The molecule has 1 aromatic carbocycles. The highest BCUT2D eigenvalue weighted by atomic mass is 32.2. The minimum atomic E-state index is -3.45. The first kappa shape index (κ1) is 17.1. The number of aryl methyl sites for hydroxylation is 1. The van der Waals surface area contributed by atoms with Crippen LogP contribution in [0.25, 0.3) is 0 Å². The van der Waals surface area contributed by atoms with Crippen LogP contribution in [0.1, 0.15) is 51.2 Å². The molecule has 0 amide bonds. The van der Waals surface area contributed by atoms with Crippen LogP contribution in [0.5, 0.6) is 0 Å². The lowest BCUT2D eigenvalue weighted by atomic mass is 10.1. The van der Waals surface area contributed by atoms with Crippen LogP contribution in [0.2, 0.25) is 0 Å². The predicted octanol–water partition coefficient (Wildman–Crippen LogP) is 2.56. The van der Waals surface area contributed by atoms with Crippen LogP contribution in [-0.4, -0.2) is 14.5 Å². The van der Waals surface area contributed by atoms with Crippen molar-refractivity contribution in [2.75, 3.05) is 0 Å². The van der Waals surface area contributed by atoms with Gasteiger partial charge in [0.2, 0.25) is 10.0 Å². The van der Waals surface area contributed by atoms with Gasteiger partial charge in [0.05, 0.1) is 4.90 Å². The van der Waals surface area contributed by atoms with Gasteiger partial charge in [-0.25, -0.2) is 13.1 Å². The molecule has 1 rings (SSSR count). The largest absolute Gasteiger partial charge is 0.326 e. The highest BCUT2D eigenvalue weighted by Gasteiger charge is 2.18. The van der Waals surface area contributed by atoms with E-state index in [4.69, 9.17) is 5.73 Å². The van der Waals surface area contributed by atoms with Gasteiger partial charge in [0, 0.05) is 12.6 Å². The van der Waals surface area contributed by atoms with E-state index in [1.54, 1.807) is 12.1 Å². The summed E-state index contributed by atoms with van der Waals surface area (Å²) in [5, 5.41) is 0. The number of nitrogens with two attached hydrogens (primary N) is 1. The average Bonchev–Trinajstić information content (AvgIpc) is 2.43. The molecule has 0 aliphatic rings. The molecular weight excluding hydrogens is 272 g/mol. The Balaban J connectivity index is 2.92. The van der Waals surface area contributed by atoms with Crippen LogP contribution >= 0.6 is 0 Å². The third kappa shape index (κ3) is 4.58. The summed E-state index contributed by atoms with van der Waals surface area (Å²) in [6.07, 6.45) is 3.79. The quantitative estimate of drug-likeness (QED) is 0.774. The number of nitrogens with one attached hydrogen (secondary N) is 1. The van der Waals surface area contributed by atoms with Crippen molar-refractivity contribution in [1.82, 2.24) is 4.72 Å². The van der Waals surface area contributed by atoms with E-state index >= 15 is 0 Å². The molecule has 0 aliphatic heterocycles. The van der Waals surface area contributed by atoms with Gasteiger partial charge in [-0.2, -0.15) is 0 Å². The molecule has 114 valence electrons. The lowest BCUT2D eigenvalue weighted by Gasteiger charge is -2.15. The number of unbranched alkanes of at least 4 members (excludes halogenated alkanes) is 1. The number of hydrogen-bond donors (Lipinski definition) is 2. The fourth-order valence-electron chi connectivity index (χ4n) is 2.21. The molecule has 20 heavy (non-hydrogen) atoms. The first-order chi connectivity index (χ1) is 9.44. The minimum absolute atomic E-state index is 0.0490. The van der Waals surface area contributed by atoms with Crippen LogP contribution in [-0.2, 0) is 23.0 Å².